The lowest BCUT2D eigenvalue weighted by atomic mass is 9.76. The second-order valence-electron chi connectivity index (χ2n) is 8.36. The van der Waals surface area contributed by atoms with E-state index in [1.807, 2.05) is 18.2 Å². The molecule has 5 rings (SSSR count). The molecule has 0 saturated carbocycles. The summed E-state index contributed by atoms with van der Waals surface area (Å²) in [4.78, 5) is 21.8. The van der Waals surface area contributed by atoms with E-state index in [1.54, 1.807) is 24.3 Å². The normalized spacial score (nSPS) is 20.4. The summed E-state index contributed by atoms with van der Waals surface area (Å²) in [5.74, 6) is 0.306. The summed E-state index contributed by atoms with van der Waals surface area (Å²) in [6.45, 7) is 0.326. The Balaban J connectivity index is 1.31. The first-order valence-corrected chi connectivity index (χ1v) is 10.8. The van der Waals surface area contributed by atoms with Crippen molar-refractivity contribution in [2.75, 3.05) is 5.32 Å². The predicted molar refractivity (Wildman–Crippen MR) is 124 cm³/mol. The van der Waals surface area contributed by atoms with Crippen molar-refractivity contribution in [1.82, 2.24) is 0 Å². The third-order valence-electron chi connectivity index (χ3n) is 6.40. The van der Waals surface area contributed by atoms with Gasteiger partial charge in [0.05, 0.1) is 16.5 Å². The molecule has 0 amide bonds. The minimum Gasteiger partial charge on any atom is -0.489 e. The standard InChI is InChI=1S/C26H22N2O5/c29-26(30)18-8-13-24-23(14-18)21-2-1-3-22(21)25(27-24)17-6-11-20(12-7-17)33-15-16-4-9-19(10-5-16)28(31)32/h1-2,4-14,21-22,25,27H,3,15H2,(H,29,30)/t21-,22+,25+/m1/s1. The van der Waals surface area contributed by atoms with Gasteiger partial charge in [-0.15, -0.1) is 0 Å². The maximum Gasteiger partial charge on any atom is 0.335 e. The first-order chi connectivity index (χ1) is 16.0. The number of non-ortho nitro benzene ring substituents is 1. The first-order valence-electron chi connectivity index (χ1n) is 10.8. The van der Waals surface area contributed by atoms with Crippen molar-refractivity contribution >= 4 is 17.3 Å². The van der Waals surface area contributed by atoms with E-state index >= 15 is 0 Å². The number of fused-ring (bicyclic) bond motifs is 3. The largest absolute Gasteiger partial charge is 0.489 e. The molecule has 0 bridgehead atoms. The molecule has 0 saturated heterocycles. The fourth-order valence-electron chi connectivity index (χ4n) is 4.71. The summed E-state index contributed by atoms with van der Waals surface area (Å²) in [6.07, 6.45) is 5.29. The molecule has 2 N–H and O–H groups in total. The third-order valence-corrected chi connectivity index (χ3v) is 6.40. The van der Waals surface area contributed by atoms with Gasteiger partial charge in [-0.3, -0.25) is 10.1 Å². The SMILES string of the molecule is O=C(O)c1ccc2c(c1)[C@@H]1C=CC[C@@H]1[C@H](c1ccc(OCc3ccc([N+](=O)[O-])cc3)cc1)N2. The van der Waals surface area contributed by atoms with Gasteiger partial charge in [0.15, 0.2) is 0 Å². The van der Waals surface area contributed by atoms with Crippen molar-refractivity contribution < 1.29 is 19.6 Å². The molecule has 1 aliphatic heterocycles. The summed E-state index contributed by atoms with van der Waals surface area (Å²) in [6, 6.07) is 19.7. The van der Waals surface area contributed by atoms with E-state index in [1.165, 1.54) is 12.1 Å². The third kappa shape index (κ3) is 4.05. The molecule has 7 heteroatoms. The van der Waals surface area contributed by atoms with Crippen LogP contribution in [0.5, 0.6) is 5.75 Å². The van der Waals surface area contributed by atoms with Gasteiger partial charge < -0.3 is 15.2 Å². The topological polar surface area (TPSA) is 102 Å². The maximum atomic E-state index is 11.4. The van der Waals surface area contributed by atoms with Crippen LogP contribution in [0.25, 0.3) is 0 Å². The molecular formula is C26H22N2O5. The molecule has 7 nitrogen and oxygen atoms in total. The Kier molecular flexibility index (Phi) is 5.30. The lowest BCUT2D eigenvalue weighted by Crippen LogP contribution is -2.29. The Morgan fingerprint density at radius 3 is 2.55 bits per heavy atom. The molecule has 0 aromatic heterocycles. The van der Waals surface area contributed by atoms with Gasteiger partial charge in [-0.2, -0.15) is 0 Å². The Hall–Kier alpha value is -4.13. The van der Waals surface area contributed by atoms with Crippen LogP contribution in [0.3, 0.4) is 0 Å². The molecule has 33 heavy (non-hydrogen) atoms. The van der Waals surface area contributed by atoms with Gasteiger partial charge in [0.25, 0.3) is 5.69 Å². The average molecular weight is 442 g/mol. The summed E-state index contributed by atoms with van der Waals surface area (Å²) in [7, 11) is 0. The summed E-state index contributed by atoms with van der Waals surface area (Å²) < 4.78 is 5.85. The Labute approximate surface area is 190 Å². The molecule has 3 aromatic carbocycles. The van der Waals surface area contributed by atoms with Crippen LogP contribution in [0.4, 0.5) is 11.4 Å². The lowest BCUT2D eigenvalue weighted by molar-refractivity contribution is -0.384. The van der Waals surface area contributed by atoms with E-state index in [-0.39, 0.29) is 17.6 Å². The number of aromatic carboxylic acids is 1. The van der Waals surface area contributed by atoms with Crippen molar-refractivity contribution in [2.45, 2.75) is 25.0 Å². The zero-order valence-electron chi connectivity index (χ0n) is 17.7. The smallest absolute Gasteiger partial charge is 0.335 e. The lowest BCUT2D eigenvalue weighted by Gasteiger charge is -2.37. The zero-order valence-corrected chi connectivity index (χ0v) is 17.7. The molecular weight excluding hydrogens is 420 g/mol. The zero-order chi connectivity index (χ0) is 22.9. The molecule has 0 fully saturated rings. The highest BCUT2D eigenvalue weighted by Gasteiger charge is 2.38. The number of nitro benzene ring substituents is 1. The Morgan fingerprint density at radius 2 is 1.85 bits per heavy atom. The molecule has 1 aliphatic carbocycles. The van der Waals surface area contributed by atoms with Crippen LogP contribution in [0.15, 0.2) is 78.9 Å². The average Bonchev–Trinajstić information content (AvgIpc) is 3.33. The number of nitro groups is 1. The molecule has 1 heterocycles. The fraction of sp³-hybridized carbons (Fsp3) is 0.192. The van der Waals surface area contributed by atoms with Crippen LogP contribution in [-0.4, -0.2) is 16.0 Å². The van der Waals surface area contributed by atoms with Crippen LogP contribution < -0.4 is 10.1 Å². The minimum absolute atomic E-state index is 0.0588. The van der Waals surface area contributed by atoms with Gasteiger partial charge in [0.1, 0.15) is 12.4 Å². The number of hydrogen-bond donors (Lipinski definition) is 2. The Bertz CT molecular complexity index is 1230. The number of ether oxygens (including phenoxy) is 1. The second-order valence-corrected chi connectivity index (χ2v) is 8.36. The first kappa shape index (κ1) is 20.8. The number of hydrogen-bond acceptors (Lipinski definition) is 5. The van der Waals surface area contributed by atoms with Crippen LogP contribution in [0.2, 0.25) is 0 Å². The van der Waals surface area contributed by atoms with Crippen molar-refractivity contribution in [1.29, 1.82) is 0 Å². The highest BCUT2D eigenvalue weighted by Crippen LogP contribution is 2.50. The highest BCUT2D eigenvalue weighted by atomic mass is 16.6. The molecule has 2 aliphatic rings. The van der Waals surface area contributed by atoms with Crippen molar-refractivity contribution in [2.24, 2.45) is 5.92 Å². The van der Waals surface area contributed by atoms with E-state index in [9.17, 15) is 20.0 Å². The van der Waals surface area contributed by atoms with E-state index in [0.717, 1.165) is 34.5 Å². The monoisotopic (exact) mass is 442 g/mol. The van der Waals surface area contributed by atoms with Crippen LogP contribution >= 0.6 is 0 Å². The molecule has 3 aromatic rings. The van der Waals surface area contributed by atoms with Gasteiger partial charge in [0.2, 0.25) is 0 Å². The number of anilines is 1. The quantitative estimate of drug-likeness (QED) is 0.288. The number of carboxylic acid groups (broad SMARTS) is 1. The van der Waals surface area contributed by atoms with Crippen LogP contribution in [-0.2, 0) is 6.61 Å². The van der Waals surface area contributed by atoms with Crippen molar-refractivity contribution in [3.63, 3.8) is 0 Å². The number of benzene rings is 3. The second kappa shape index (κ2) is 8.43. The number of allylic oxidation sites excluding steroid dienone is 2. The summed E-state index contributed by atoms with van der Waals surface area (Å²) in [5.41, 5.74) is 4.37. The highest BCUT2D eigenvalue weighted by molar-refractivity contribution is 5.89. The number of nitrogens with zero attached hydrogens (tertiary/aromatic N) is 1. The van der Waals surface area contributed by atoms with Crippen molar-refractivity contribution in [3.05, 3.63) is 111 Å². The van der Waals surface area contributed by atoms with Crippen molar-refractivity contribution in [3.8, 4) is 5.75 Å². The van der Waals surface area contributed by atoms with Gasteiger partial charge in [-0.25, -0.2) is 4.79 Å². The molecule has 166 valence electrons. The van der Waals surface area contributed by atoms with E-state index in [4.69, 9.17) is 4.74 Å². The molecule has 0 radical (unpaired) electrons. The molecule has 0 spiro atoms. The predicted octanol–water partition coefficient (Wildman–Crippen LogP) is 5.70. The van der Waals surface area contributed by atoms with Gasteiger partial charge in [-0.1, -0.05) is 24.3 Å². The summed E-state index contributed by atoms with van der Waals surface area (Å²) in [5, 5.41) is 23.7. The fourth-order valence-corrected chi connectivity index (χ4v) is 4.71. The van der Waals surface area contributed by atoms with Crippen LogP contribution in [0, 0.1) is 16.0 Å². The number of carboxylic acids is 1. The van der Waals surface area contributed by atoms with E-state index < -0.39 is 10.9 Å². The number of rotatable bonds is 6. The maximum absolute atomic E-state index is 11.4. The van der Waals surface area contributed by atoms with Gasteiger partial charge >= 0.3 is 5.97 Å². The van der Waals surface area contributed by atoms with E-state index in [2.05, 4.69) is 29.6 Å². The summed E-state index contributed by atoms with van der Waals surface area (Å²) >= 11 is 0. The number of carbonyl (C=O) groups is 1. The van der Waals surface area contributed by atoms with E-state index in [0.29, 0.717) is 18.1 Å². The number of nitrogens with one attached hydrogen (secondary N) is 1. The molecule has 0 unspecified atom stereocenters. The minimum atomic E-state index is -0.914. The molecule has 3 atom stereocenters. The van der Waals surface area contributed by atoms with Gasteiger partial charge in [-0.05, 0) is 71.5 Å². The Morgan fingerprint density at radius 1 is 1.09 bits per heavy atom. The van der Waals surface area contributed by atoms with Crippen LogP contribution in [0.1, 0.15) is 45.4 Å². The van der Waals surface area contributed by atoms with Gasteiger partial charge in [0, 0.05) is 23.7 Å².